The van der Waals surface area contributed by atoms with Crippen molar-refractivity contribution in [2.75, 3.05) is 6.54 Å². The number of carbonyl (C=O) groups is 1. The van der Waals surface area contributed by atoms with Gasteiger partial charge in [-0.1, -0.05) is 11.6 Å². The molecule has 1 aromatic heterocycles. The minimum Gasteiger partial charge on any atom is -0.389 e. The minimum atomic E-state index is -0.949. The van der Waals surface area contributed by atoms with Crippen LogP contribution in [0.4, 0.5) is 0 Å². The van der Waals surface area contributed by atoms with E-state index in [1.54, 1.807) is 13.8 Å². The Morgan fingerprint density at radius 2 is 2.20 bits per heavy atom. The average molecular weight is 230 g/mol. The zero-order valence-electron chi connectivity index (χ0n) is 8.49. The molecule has 0 fully saturated rings. The number of aromatic nitrogens is 2. The van der Waals surface area contributed by atoms with Crippen molar-refractivity contribution in [3.8, 4) is 0 Å². The maximum atomic E-state index is 11.4. The van der Waals surface area contributed by atoms with E-state index in [1.165, 1.54) is 12.1 Å². The van der Waals surface area contributed by atoms with Gasteiger partial charge in [-0.25, -0.2) is 0 Å². The molecule has 0 unspecified atom stereocenters. The minimum absolute atomic E-state index is 0.149. The Kier molecular flexibility index (Phi) is 3.60. The highest BCUT2D eigenvalue weighted by atomic mass is 35.5. The highest BCUT2D eigenvalue weighted by Crippen LogP contribution is 2.03. The number of halogens is 1. The predicted octanol–water partition coefficient (Wildman–Crippen LogP) is 0.631. The van der Waals surface area contributed by atoms with E-state index in [4.69, 9.17) is 11.6 Å². The van der Waals surface area contributed by atoms with Crippen LogP contribution in [0.5, 0.6) is 0 Å². The van der Waals surface area contributed by atoms with Crippen molar-refractivity contribution in [2.24, 2.45) is 0 Å². The second-order valence-corrected chi connectivity index (χ2v) is 4.12. The van der Waals surface area contributed by atoms with Crippen molar-refractivity contribution < 1.29 is 9.90 Å². The zero-order chi connectivity index (χ0) is 11.5. The summed E-state index contributed by atoms with van der Waals surface area (Å²) < 4.78 is 0. The van der Waals surface area contributed by atoms with E-state index in [0.29, 0.717) is 0 Å². The summed E-state index contributed by atoms with van der Waals surface area (Å²) >= 11 is 5.52. The molecule has 0 aliphatic carbocycles. The molecule has 1 rings (SSSR count). The van der Waals surface area contributed by atoms with Gasteiger partial charge in [0.1, 0.15) is 0 Å². The van der Waals surface area contributed by atoms with Gasteiger partial charge in [-0.3, -0.25) is 4.79 Å². The Bertz CT molecular complexity index is 345. The summed E-state index contributed by atoms with van der Waals surface area (Å²) in [6.07, 6.45) is 0. The third kappa shape index (κ3) is 4.22. The van der Waals surface area contributed by atoms with Crippen LogP contribution in [-0.2, 0) is 0 Å². The van der Waals surface area contributed by atoms with E-state index in [1.807, 2.05) is 0 Å². The molecule has 5 nitrogen and oxygen atoms in total. The number of nitrogens with one attached hydrogen (secondary N) is 1. The van der Waals surface area contributed by atoms with Crippen molar-refractivity contribution in [3.05, 3.63) is 23.0 Å². The largest absolute Gasteiger partial charge is 0.389 e. The van der Waals surface area contributed by atoms with Gasteiger partial charge in [0.25, 0.3) is 5.91 Å². The van der Waals surface area contributed by atoms with Crippen LogP contribution in [0.1, 0.15) is 24.3 Å². The monoisotopic (exact) mass is 229 g/mol. The van der Waals surface area contributed by atoms with Crippen molar-refractivity contribution in [1.82, 2.24) is 15.5 Å². The second-order valence-electron chi connectivity index (χ2n) is 3.74. The number of aliphatic hydroxyl groups is 1. The Balaban J connectivity index is 2.58. The van der Waals surface area contributed by atoms with Crippen molar-refractivity contribution in [3.63, 3.8) is 0 Å². The topological polar surface area (TPSA) is 75.1 Å². The number of hydrogen-bond acceptors (Lipinski definition) is 4. The van der Waals surface area contributed by atoms with Gasteiger partial charge >= 0.3 is 0 Å². The molecule has 0 saturated carbocycles. The van der Waals surface area contributed by atoms with Crippen LogP contribution in [-0.4, -0.2) is 33.4 Å². The molecular weight excluding hydrogens is 218 g/mol. The third-order valence-electron chi connectivity index (χ3n) is 1.55. The lowest BCUT2D eigenvalue weighted by Crippen LogP contribution is -2.38. The van der Waals surface area contributed by atoms with E-state index >= 15 is 0 Å². The van der Waals surface area contributed by atoms with Crippen molar-refractivity contribution >= 4 is 17.5 Å². The Morgan fingerprint density at radius 1 is 1.53 bits per heavy atom. The number of nitrogens with zero attached hydrogens (tertiary/aromatic N) is 2. The number of hydrogen-bond donors (Lipinski definition) is 2. The van der Waals surface area contributed by atoms with Crippen LogP contribution in [0.2, 0.25) is 5.15 Å². The first-order chi connectivity index (χ1) is 6.88. The molecule has 0 aromatic carbocycles. The fraction of sp³-hybridized carbons (Fsp3) is 0.444. The average Bonchev–Trinajstić information content (AvgIpc) is 2.14. The molecule has 82 valence electrons. The summed E-state index contributed by atoms with van der Waals surface area (Å²) in [4.78, 5) is 11.4. The maximum Gasteiger partial charge on any atom is 0.271 e. The smallest absolute Gasteiger partial charge is 0.271 e. The van der Waals surface area contributed by atoms with Gasteiger partial charge in [0.2, 0.25) is 0 Å². The summed E-state index contributed by atoms with van der Waals surface area (Å²) in [6.45, 7) is 3.35. The lowest BCUT2D eigenvalue weighted by molar-refractivity contribution is 0.0691. The molecule has 0 spiro atoms. The first-order valence-electron chi connectivity index (χ1n) is 4.38. The molecule has 6 heteroatoms. The summed E-state index contributed by atoms with van der Waals surface area (Å²) in [5, 5.41) is 19.3. The maximum absolute atomic E-state index is 11.4. The number of amides is 1. The van der Waals surface area contributed by atoms with Crippen LogP contribution in [0.15, 0.2) is 12.1 Å². The summed E-state index contributed by atoms with van der Waals surface area (Å²) in [5.74, 6) is -0.388. The molecule has 0 aliphatic heterocycles. The van der Waals surface area contributed by atoms with Crippen molar-refractivity contribution in [2.45, 2.75) is 19.4 Å². The summed E-state index contributed by atoms with van der Waals surface area (Å²) in [6, 6.07) is 2.95. The first-order valence-corrected chi connectivity index (χ1v) is 4.76. The van der Waals surface area contributed by atoms with E-state index < -0.39 is 5.60 Å². The SMILES string of the molecule is CC(C)(O)CNC(=O)c1ccc(Cl)nn1. The molecule has 0 saturated heterocycles. The normalized spacial score (nSPS) is 11.2. The lowest BCUT2D eigenvalue weighted by atomic mass is 10.1. The molecule has 0 aliphatic rings. The van der Waals surface area contributed by atoms with Gasteiger partial charge in [0.05, 0.1) is 5.60 Å². The standard InChI is InChI=1S/C9H12ClN3O2/c1-9(2,15)5-11-8(14)6-3-4-7(10)13-12-6/h3-4,15H,5H2,1-2H3,(H,11,14). The number of carbonyl (C=O) groups excluding carboxylic acids is 1. The van der Waals surface area contributed by atoms with E-state index in [2.05, 4.69) is 15.5 Å². The summed E-state index contributed by atoms with van der Waals surface area (Å²) in [5.41, 5.74) is -0.779. The third-order valence-corrected chi connectivity index (χ3v) is 1.75. The molecule has 1 amide bonds. The van der Waals surface area contributed by atoms with Crippen LogP contribution >= 0.6 is 11.6 Å². The zero-order valence-corrected chi connectivity index (χ0v) is 9.25. The fourth-order valence-electron chi connectivity index (χ4n) is 0.824. The fourth-order valence-corrected chi connectivity index (χ4v) is 0.925. The molecular formula is C9H12ClN3O2. The first kappa shape index (κ1) is 11.9. The molecule has 0 bridgehead atoms. The van der Waals surface area contributed by atoms with Gasteiger partial charge in [-0.05, 0) is 26.0 Å². The molecule has 1 heterocycles. The van der Waals surface area contributed by atoms with Crippen LogP contribution in [0.25, 0.3) is 0 Å². The Hall–Kier alpha value is -1.20. The van der Waals surface area contributed by atoms with Crippen LogP contribution in [0, 0.1) is 0 Å². The van der Waals surface area contributed by atoms with Gasteiger partial charge in [0, 0.05) is 6.54 Å². The van der Waals surface area contributed by atoms with E-state index in [0.717, 1.165) is 0 Å². The van der Waals surface area contributed by atoms with Gasteiger partial charge < -0.3 is 10.4 Å². The lowest BCUT2D eigenvalue weighted by Gasteiger charge is -2.17. The second kappa shape index (κ2) is 4.55. The highest BCUT2D eigenvalue weighted by Gasteiger charge is 2.15. The molecule has 2 N–H and O–H groups in total. The summed E-state index contributed by atoms with van der Waals surface area (Å²) in [7, 11) is 0. The van der Waals surface area contributed by atoms with Gasteiger partial charge in [0.15, 0.2) is 10.8 Å². The Morgan fingerprint density at radius 3 is 2.67 bits per heavy atom. The molecule has 0 atom stereocenters. The van der Waals surface area contributed by atoms with Gasteiger partial charge in [-0.15, -0.1) is 10.2 Å². The van der Waals surface area contributed by atoms with E-state index in [-0.39, 0.29) is 23.3 Å². The van der Waals surface area contributed by atoms with Crippen molar-refractivity contribution in [1.29, 1.82) is 0 Å². The molecule has 1 aromatic rings. The Labute approximate surface area is 92.5 Å². The predicted molar refractivity (Wildman–Crippen MR) is 55.7 cm³/mol. The van der Waals surface area contributed by atoms with Crippen LogP contribution in [0.3, 0.4) is 0 Å². The quantitative estimate of drug-likeness (QED) is 0.797. The number of rotatable bonds is 3. The molecule has 15 heavy (non-hydrogen) atoms. The van der Waals surface area contributed by atoms with Gasteiger partial charge in [-0.2, -0.15) is 0 Å². The van der Waals surface area contributed by atoms with Crippen LogP contribution < -0.4 is 5.32 Å². The molecule has 0 radical (unpaired) electrons. The highest BCUT2D eigenvalue weighted by molar-refractivity contribution is 6.29. The van der Waals surface area contributed by atoms with E-state index in [9.17, 15) is 9.90 Å².